The molecule has 0 N–H and O–H groups in total. The monoisotopic (exact) mass is 353 g/mol. The van der Waals surface area contributed by atoms with Crippen LogP contribution in [-0.2, 0) is 18.1 Å². The second kappa shape index (κ2) is 8.62. The van der Waals surface area contributed by atoms with E-state index in [1.54, 1.807) is 21.3 Å². The van der Waals surface area contributed by atoms with Gasteiger partial charge in [-0.15, -0.1) is 0 Å². The summed E-state index contributed by atoms with van der Waals surface area (Å²) >= 11 is 0. The van der Waals surface area contributed by atoms with Gasteiger partial charge in [0.2, 0.25) is 5.91 Å². The van der Waals surface area contributed by atoms with Gasteiger partial charge in [-0.2, -0.15) is 0 Å². The number of anilines is 1. The zero-order valence-electron chi connectivity index (χ0n) is 14.9. The molecule has 0 aromatic heterocycles. The summed E-state index contributed by atoms with van der Waals surface area (Å²) in [5.74, 6) is 0.981. The fourth-order valence-corrected chi connectivity index (χ4v) is 4.73. The molecular weight excluding hydrogens is 326 g/mol. The molecule has 1 saturated heterocycles. The number of carbonyl (C=O) groups is 1. The second-order valence-electron chi connectivity index (χ2n) is 5.91. The molecular formula is C17H27NO5Si. The first-order chi connectivity index (χ1) is 11.5. The lowest BCUT2D eigenvalue weighted by atomic mass is 10.2. The fourth-order valence-electron chi connectivity index (χ4n) is 2.85. The Morgan fingerprint density at radius 1 is 1.12 bits per heavy atom. The van der Waals surface area contributed by atoms with E-state index in [2.05, 4.69) is 0 Å². The number of carbonyl (C=O) groups excluding carboxylic acids is 1. The number of rotatable bonds is 9. The number of ether oxygens (including phenoxy) is 1. The highest BCUT2D eigenvalue weighted by molar-refractivity contribution is 6.60. The van der Waals surface area contributed by atoms with Crippen molar-refractivity contribution in [1.29, 1.82) is 0 Å². The van der Waals surface area contributed by atoms with E-state index < -0.39 is 8.80 Å². The van der Waals surface area contributed by atoms with E-state index in [1.807, 2.05) is 36.1 Å². The van der Waals surface area contributed by atoms with Gasteiger partial charge in [0.05, 0.1) is 6.10 Å². The second-order valence-corrected chi connectivity index (χ2v) is 9.00. The minimum absolute atomic E-state index is 0.0107. The topological polar surface area (TPSA) is 57.2 Å². The first kappa shape index (κ1) is 18.9. The number of nitrogens with zero attached hydrogens (tertiary/aromatic N) is 1. The Labute approximate surface area is 145 Å². The Balaban J connectivity index is 1.87. The molecule has 7 heteroatoms. The van der Waals surface area contributed by atoms with Gasteiger partial charge in [-0.25, -0.2) is 0 Å². The Kier molecular flexibility index (Phi) is 6.79. The maximum absolute atomic E-state index is 11.8. The van der Waals surface area contributed by atoms with E-state index in [1.165, 1.54) is 0 Å². The van der Waals surface area contributed by atoms with Gasteiger partial charge in [0.25, 0.3) is 0 Å². The molecule has 1 aromatic rings. The fraction of sp³-hybridized carbons (Fsp3) is 0.588. The van der Waals surface area contributed by atoms with Gasteiger partial charge in [-0.05, 0) is 44.0 Å². The van der Waals surface area contributed by atoms with Crippen molar-refractivity contribution in [3.8, 4) is 5.75 Å². The van der Waals surface area contributed by atoms with E-state index >= 15 is 0 Å². The van der Waals surface area contributed by atoms with Crippen molar-refractivity contribution in [2.75, 3.05) is 32.8 Å². The lowest BCUT2D eigenvalue weighted by molar-refractivity contribution is -0.117. The minimum Gasteiger partial charge on any atom is -0.491 e. The van der Waals surface area contributed by atoms with Crippen molar-refractivity contribution in [2.45, 2.75) is 38.3 Å². The van der Waals surface area contributed by atoms with Crippen LogP contribution >= 0.6 is 0 Å². The number of benzene rings is 1. The first-order valence-corrected chi connectivity index (χ1v) is 10.2. The van der Waals surface area contributed by atoms with Gasteiger partial charge >= 0.3 is 8.80 Å². The summed E-state index contributed by atoms with van der Waals surface area (Å²) in [4.78, 5) is 13.6. The van der Waals surface area contributed by atoms with Crippen LogP contribution in [-0.4, -0.2) is 48.7 Å². The molecule has 0 spiro atoms. The Morgan fingerprint density at radius 3 is 2.25 bits per heavy atom. The third-order valence-electron chi connectivity index (χ3n) is 4.35. The zero-order chi connectivity index (χ0) is 17.6. The Morgan fingerprint density at radius 2 is 1.75 bits per heavy atom. The van der Waals surface area contributed by atoms with Gasteiger partial charge in [0, 0.05) is 46.0 Å². The maximum atomic E-state index is 11.8. The smallest absolute Gasteiger partial charge is 0.491 e. The van der Waals surface area contributed by atoms with E-state index in [0.29, 0.717) is 12.5 Å². The summed E-state index contributed by atoms with van der Waals surface area (Å²) in [5.41, 5.74) is 0.932. The zero-order valence-corrected chi connectivity index (χ0v) is 15.9. The van der Waals surface area contributed by atoms with Crippen molar-refractivity contribution >= 4 is 20.4 Å². The average Bonchev–Trinajstić information content (AvgIpc) is 3.03. The van der Waals surface area contributed by atoms with Crippen molar-refractivity contribution < 1.29 is 22.8 Å². The summed E-state index contributed by atoms with van der Waals surface area (Å²) in [6, 6.07) is 8.38. The van der Waals surface area contributed by atoms with Crippen LogP contribution < -0.4 is 9.64 Å². The summed E-state index contributed by atoms with van der Waals surface area (Å²) in [5, 5.41) is 0. The minimum atomic E-state index is -2.56. The predicted octanol–water partition coefficient (Wildman–Crippen LogP) is 2.85. The molecule has 0 radical (unpaired) electrons. The Hall–Kier alpha value is -1.41. The van der Waals surface area contributed by atoms with Crippen LogP contribution in [0.1, 0.15) is 26.2 Å². The van der Waals surface area contributed by atoms with Gasteiger partial charge in [0.15, 0.2) is 0 Å². The first-order valence-electron chi connectivity index (χ1n) is 8.26. The molecule has 1 atom stereocenters. The van der Waals surface area contributed by atoms with E-state index in [-0.39, 0.29) is 12.0 Å². The molecule has 0 saturated carbocycles. The number of hydrogen-bond acceptors (Lipinski definition) is 5. The van der Waals surface area contributed by atoms with Crippen molar-refractivity contribution in [3.05, 3.63) is 24.3 Å². The number of amides is 1. The maximum Gasteiger partial charge on any atom is 0.500 e. The highest BCUT2D eigenvalue weighted by Gasteiger charge is 2.37. The summed E-state index contributed by atoms with van der Waals surface area (Å²) in [6.45, 7) is 2.81. The van der Waals surface area contributed by atoms with Gasteiger partial charge < -0.3 is 22.9 Å². The average molecular weight is 353 g/mol. The van der Waals surface area contributed by atoms with Gasteiger partial charge in [-0.3, -0.25) is 4.79 Å². The molecule has 1 fully saturated rings. The molecule has 134 valence electrons. The highest BCUT2D eigenvalue weighted by Crippen LogP contribution is 2.25. The number of hydrogen-bond donors (Lipinski definition) is 0. The molecule has 1 aliphatic heterocycles. The van der Waals surface area contributed by atoms with Gasteiger partial charge in [0.1, 0.15) is 5.75 Å². The van der Waals surface area contributed by atoms with Gasteiger partial charge in [-0.1, -0.05) is 0 Å². The van der Waals surface area contributed by atoms with Crippen LogP contribution in [0.15, 0.2) is 24.3 Å². The van der Waals surface area contributed by atoms with Crippen LogP contribution in [0, 0.1) is 0 Å². The SMILES string of the molecule is CO[Si](CCC(C)Oc1ccc(N2CCCC2=O)cc1)(OC)OC. The summed E-state index contributed by atoms with van der Waals surface area (Å²) in [6.07, 6.45) is 2.35. The van der Waals surface area contributed by atoms with Crippen LogP contribution in [0.25, 0.3) is 0 Å². The molecule has 6 nitrogen and oxygen atoms in total. The molecule has 1 unspecified atom stereocenters. The van der Waals surface area contributed by atoms with E-state index in [0.717, 1.165) is 30.8 Å². The standard InChI is InChI=1S/C17H27NO5Si/c1-14(11-13-24(20-2,21-3)22-4)23-16-9-7-15(8-10-16)18-12-5-6-17(18)19/h7-10,14H,5-6,11-13H2,1-4H3. The molecule has 24 heavy (non-hydrogen) atoms. The molecule has 0 aliphatic carbocycles. The largest absolute Gasteiger partial charge is 0.500 e. The third kappa shape index (κ3) is 4.57. The summed E-state index contributed by atoms with van der Waals surface area (Å²) < 4.78 is 22.2. The Bertz CT molecular complexity index is 524. The molecule has 1 aromatic carbocycles. The molecule has 1 heterocycles. The lowest BCUT2D eigenvalue weighted by Crippen LogP contribution is -2.43. The van der Waals surface area contributed by atoms with Crippen LogP contribution in [0.5, 0.6) is 5.75 Å². The third-order valence-corrected chi connectivity index (χ3v) is 7.12. The summed E-state index contributed by atoms with van der Waals surface area (Å²) in [7, 11) is 2.29. The van der Waals surface area contributed by atoms with Crippen molar-refractivity contribution in [2.24, 2.45) is 0 Å². The van der Waals surface area contributed by atoms with Crippen LogP contribution in [0.3, 0.4) is 0 Å². The van der Waals surface area contributed by atoms with Crippen molar-refractivity contribution in [3.63, 3.8) is 0 Å². The molecule has 1 amide bonds. The highest BCUT2D eigenvalue weighted by atomic mass is 28.4. The molecule has 2 rings (SSSR count). The van der Waals surface area contributed by atoms with E-state index in [4.69, 9.17) is 18.0 Å². The van der Waals surface area contributed by atoms with Crippen LogP contribution in [0.2, 0.25) is 6.04 Å². The van der Waals surface area contributed by atoms with Crippen molar-refractivity contribution in [1.82, 2.24) is 0 Å². The lowest BCUT2D eigenvalue weighted by Gasteiger charge is -2.25. The van der Waals surface area contributed by atoms with E-state index in [9.17, 15) is 4.79 Å². The normalized spacial score (nSPS) is 16.5. The molecule has 0 bridgehead atoms. The quantitative estimate of drug-likeness (QED) is 0.639. The molecule has 1 aliphatic rings. The van der Waals surface area contributed by atoms with Crippen LogP contribution in [0.4, 0.5) is 5.69 Å². The predicted molar refractivity (Wildman–Crippen MR) is 94.3 cm³/mol.